The Balaban J connectivity index is 2.46. The minimum Gasteiger partial charge on any atom is -0.493 e. The lowest BCUT2D eigenvalue weighted by molar-refractivity contribution is 0.389. The van der Waals surface area contributed by atoms with Crippen molar-refractivity contribution in [2.24, 2.45) is 0 Å². The monoisotopic (exact) mass is 269 g/mol. The minimum absolute atomic E-state index is 0.144. The third kappa shape index (κ3) is 2.23. The zero-order valence-corrected chi connectivity index (χ0v) is 11.4. The van der Waals surface area contributed by atoms with E-state index in [-0.39, 0.29) is 6.04 Å². The van der Waals surface area contributed by atoms with E-state index in [0.717, 1.165) is 23.7 Å². The van der Waals surface area contributed by atoms with E-state index in [1.165, 1.54) is 0 Å². The number of methoxy groups -OCH3 is 1. The van der Waals surface area contributed by atoms with E-state index >= 15 is 0 Å². The van der Waals surface area contributed by atoms with Crippen molar-refractivity contribution in [1.29, 1.82) is 0 Å². The number of ether oxygens (including phenoxy) is 1. The van der Waals surface area contributed by atoms with Gasteiger partial charge < -0.3 is 14.5 Å². The molecule has 0 amide bonds. The first-order valence-electron chi connectivity index (χ1n) is 5.73. The van der Waals surface area contributed by atoms with Gasteiger partial charge in [0, 0.05) is 6.54 Å². The second-order valence-corrected chi connectivity index (χ2v) is 4.15. The molecule has 5 nitrogen and oxygen atoms in total. The zero-order valence-electron chi connectivity index (χ0n) is 10.6. The second-order valence-electron chi connectivity index (χ2n) is 3.78. The van der Waals surface area contributed by atoms with Gasteiger partial charge in [-0.25, -0.2) is 0 Å². The van der Waals surface area contributed by atoms with Crippen molar-refractivity contribution in [3.63, 3.8) is 0 Å². The van der Waals surface area contributed by atoms with Crippen LogP contribution < -0.4 is 10.1 Å². The van der Waals surface area contributed by atoms with Gasteiger partial charge in [-0.15, -0.1) is 0 Å². The molecule has 0 bridgehead atoms. The van der Waals surface area contributed by atoms with Gasteiger partial charge in [-0.2, -0.15) is 5.10 Å². The molecule has 0 spiro atoms. The Bertz CT molecular complexity index is 500. The van der Waals surface area contributed by atoms with Gasteiger partial charge in [0.2, 0.25) is 0 Å². The lowest BCUT2D eigenvalue weighted by Gasteiger charge is -2.16. The average molecular weight is 270 g/mol. The van der Waals surface area contributed by atoms with E-state index in [1.807, 2.05) is 24.7 Å². The van der Waals surface area contributed by atoms with Crippen LogP contribution in [-0.4, -0.2) is 23.9 Å². The standard InChI is InChI=1S/C12H16ClN3O2/c1-4-16-12(9(17-3)7-15-16)11(14-2)8-5-6-10(13)18-8/h5-7,11,14H,4H2,1-3H3. The normalized spacial score (nSPS) is 12.7. The molecular formula is C12H16ClN3O2. The summed E-state index contributed by atoms with van der Waals surface area (Å²) in [5.41, 5.74) is 0.925. The molecular weight excluding hydrogens is 254 g/mol. The molecule has 0 aromatic carbocycles. The van der Waals surface area contributed by atoms with Gasteiger partial charge >= 0.3 is 0 Å². The summed E-state index contributed by atoms with van der Waals surface area (Å²) < 4.78 is 12.7. The molecule has 0 saturated carbocycles. The minimum atomic E-state index is -0.144. The molecule has 2 aromatic heterocycles. The highest BCUT2D eigenvalue weighted by molar-refractivity contribution is 6.28. The summed E-state index contributed by atoms with van der Waals surface area (Å²) in [6, 6.07) is 3.42. The number of aryl methyl sites for hydroxylation is 1. The van der Waals surface area contributed by atoms with Crippen molar-refractivity contribution in [3.05, 3.63) is 35.0 Å². The lowest BCUT2D eigenvalue weighted by Crippen LogP contribution is -2.21. The molecule has 2 aromatic rings. The molecule has 1 unspecified atom stereocenters. The van der Waals surface area contributed by atoms with Crippen LogP contribution in [0.3, 0.4) is 0 Å². The van der Waals surface area contributed by atoms with E-state index in [9.17, 15) is 0 Å². The fraction of sp³-hybridized carbons (Fsp3) is 0.417. The Morgan fingerprint density at radius 3 is 2.83 bits per heavy atom. The molecule has 2 heterocycles. The highest BCUT2D eigenvalue weighted by Gasteiger charge is 2.24. The Hall–Kier alpha value is -1.46. The topological polar surface area (TPSA) is 52.2 Å². The number of furan rings is 1. The van der Waals surface area contributed by atoms with Gasteiger partial charge in [-0.3, -0.25) is 4.68 Å². The van der Waals surface area contributed by atoms with E-state index in [1.54, 1.807) is 19.4 Å². The number of nitrogens with one attached hydrogen (secondary N) is 1. The van der Waals surface area contributed by atoms with Gasteiger partial charge in [0.15, 0.2) is 11.0 Å². The Morgan fingerprint density at radius 2 is 2.33 bits per heavy atom. The highest BCUT2D eigenvalue weighted by Crippen LogP contribution is 2.31. The van der Waals surface area contributed by atoms with Crippen LogP contribution in [-0.2, 0) is 6.54 Å². The maximum absolute atomic E-state index is 5.82. The average Bonchev–Trinajstić information content (AvgIpc) is 2.97. The van der Waals surface area contributed by atoms with Crippen molar-refractivity contribution in [2.45, 2.75) is 19.5 Å². The van der Waals surface area contributed by atoms with Gasteiger partial charge in [-0.1, -0.05) is 0 Å². The van der Waals surface area contributed by atoms with Crippen molar-refractivity contribution < 1.29 is 9.15 Å². The number of aromatic nitrogens is 2. The van der Waals surface area contributed by atoms with Gasteiger partial charge in [0.25, 0.3) is 0 Å². The second kappa shape index (κ2) is 5.46. The Labute approximate surface area is 111 Å². The summed E-state index contributed by atoms with van der Waals surface area (Å²) >= 11 is 5.82. The van der Waals surface area contributed by atoms with E-state index in [4.69, 9.17) is 20.8 Å². The van der Waals surface area contributed by atoms with Crippen LogP contribution in [0.15, 0.2) is 22.7 Å². The molecule has 0 radical (unpaired) electrons. The first kappa shape index (κ1) is 13.0. The van der Waals surface area contributed by atoms with E-state index < -0.39 is 0 Å². The molecule has 2 rings (SSSR count). The Kier molecular flexibility index (Phi) is 3.93. The number of hydrogen-bond acceptors (Lipinski definition) is 4. The summed E-state index contributed by atoms with van der Waals surface area (Å²) in [7, 11) is 3.48. The number of nitrogens with zero attached hydrogens (tertiary/aromatic N) is 2. The summed E-state index contributed by atoms with van der Waals surface area (Å²) in [6.07, 6.45) is 1.70. The first-order chi connectivity index (χ1) is 8.71. The van der Waals surface area contributed by atoms with E-state index in [0.29, 0.717) is 5.22 Å². The van der Waals surface area contributed by atoms with Crippen LogP contribution in [0.1, 0.15) is 24.4 Å². The molecule has 6 heteroatoms. The number of hydrogen-bond donors (Lipinski definition) is 1. The van der Waals surface area contributed by atoms with Crippen molar-refractivity contribution in [1.82, 2.24) is 15.1 Å². The fourth-order valence-electron chi connectivity index (χ4n) is 1.98. The van der Waals surface area contributed by atoms with Gasteiger partial charge in [0.1, 0.15) is 17.5 Å². The summed E-state index contributed by atoms with van der Waals surface area (Å²) in [6.45, 7) is 2.78. The SMILES string of the molecule is CCn1ncc(OC)c1C(NC)c1ccc(Cl)o1. The molecule has 0 aliphatic carbocycles. The third-order valence-corrected chi connectivity index (χ3v) is 3.01. The largest absolute Gasteiger partial charge is 0.493 e. The predicted octanol–water partition coefficient (Wildman–Crippen LogP) is 2.47. The first-order valence-corrected chi connectivity index (χ1v) is 6.11. The number of halogens is 1. The summed E-state index contributed by atoms with van der Waals surface area (Å²) in [4.78, 5) is 0. The predicted molar refractivity (Wildman–Crippen MR) is 69.1 cm³/mol. The molecule has 0 fully saturated rings. The molecule has 98 valence electrons. The fourth-order valence-corrected chi connectivity index (χ4v) is 2.13. The van der Waals surface area contributed by atoms with Crippen LogP contribution in [0.25, 0.3) is 0 Å². The number of rotatable bonds is 5. The molecule has 0 saturated heterocycles. The molecule has 18 heavy (non-hydrogen) atoms. The van der Waals surface area contributed by atoms with Gasteiger partial charge in [0.05, 0.1) is 13.3 Å². The van der Waals surface area contributed by atoms with Crippen LogP contribution >= 0.6 is 11.6 Å². The Morgan fingerprint density at radius 1 is 1.56 bits per heavy atom. The summed E-state index contributed by atoms with van der Waals surface area (Å²) in [5, 5.41) is 7.84. The lowest BCUT2D eigenvalue weighted by atomic mass is 10.1. The van der Waals surface area contributed by atoms with Crippen LogP contribution in [0.5, 0.6) is 5.75 Å². The smallest absolute Gasteiger partial charge is 0.193 e. The maximum atomic E-state index is 5.82. The van der Waals surface area contributed by atoms with Crippen molar-refractivity contribution in [2.75, 3.05) is 14.2 Å². The van der Waals surface area contributed by atoms with Crippen LogP contribution in [0.2, 0.25) is 5.22 Å². The quantitative estimate of drug-likeness (QED) is 0.906. The van der Waals surface area contributed by atoms with Crippen LogP contribution in [0.4, 0.5) is 0 Å². The third-order valence-electron chi connectivity index (χ3n) is 2.80. The molecule has 0 aliphatic rings. The van der Waals surface area contributed by atoms with E-state index in [2.05, 4.69) is 10.4 Å². The van der Waals surface area contributed by atoms with Crippen LogP contribution in [0, 0.1) is 0 Å². The molecule has 0 aliphatic heterocycles. The molecule has 1 atom stereocenters. The van der Waals surface area contributed by atoms with Crippen molar-refractivity contribution in [3.8, 4) is 5.75 Å². The molecule has 1 N–H and O–H groups in total. The highest BCUT2D eigenvalue weighted by atomic mass is 35.5. The summed E-state index contributed by atoms with van der Waals surface area (Å²) in [5.74, 6) is 1.46. The zero-order chi connectivity index (χ0) is 13.1. The van der Waals surface area contributed by atoms with Gasteiger partial charge in [-0.05, 0) is 37.7 Å². The van der Waals surface area contributed by atoms with Crippen molar-refractivity contribution >= 4 is 11.6 Å². The maximum Gasteiger partial charge on any atom is 0.193 e.